The minimum Gasteiger partial charge on any atom is -0.355 e. The van der Waals surface area contributed by atoms with Crippen molar-refractivity contribution >= 4 is 46.0 Å². The van der Waals surface area contributed by atoms with Crippen molar-refractivity contribution in [2.24, 2.45) is 5.41 Å². The van der Waals surface area contributed by atoms with Crippen LogP contribution in [-0.4, -0.2) is 41.8 Å². The first-order valence-corrected chi connectivity index (χ1v) is 15.5. The highest BCUT2D eigenvalue weighted by Gasteiger charge is 2.19. The summed E-state index contributed by atoms with van der Waals surface area (Å²) in [6.45, 7) is 15.7. The molecule has 0 aliphatic rings. The number of aryl methyl sites for hydroxylation is 1. The third kappa shape index (κ3) is 9.98. The van der Waals surface area contributed by atoms with Crippen LogP contribution in [0.3, 0.4) is 0 Å². The largest absolute Gasteiger partial charge is 0.355 e. The van der Waals surface area contributed by atoms with Gasteiger partial charge in [-0.05, 0) is 66.6 Å². The van der Waals surface area contributed by atoms with Crippen molar-refractivity contribution in [2.75, 3.05) is 18.4 Å². The Morgan fingerprint density at radius 2 is 1.66 bits per heavy atom. The highest BCUT2D eigenvalue weighted by Crippen LogP contribution is 2.32. The number of carbonyl (C=O) groups excluding carboxylic acids is 3. The maximum absolute atomic E-state index is 12.8. The zero-order valence-electron chi connectivity index (χ0n) is 24.9. The Hall–Kier alpha value is -3.21. The van der Waals surface area contributed by atoms with Crippen molar-refractivity contribution in [3.63, 3.8) is 0 Å². The molecular weight excluding hydrogens is 555 g/mol. The van der Waals surface area contributed by atoms with Crippen molar-refractivity contribution in [3.8, 4) is 0 Å². The molecule has 8 nitrogen and oxygen atoms in total. The zero-order chi connectivity index (χ0) is 30.2. The number of benzene rings is 2. The van der Waals surface area contributed by atoms with Gasteiger partial charge < -0.3 is 16.0 Å². The van der Waals surface area contributed by atoms with Gasteiger partial charge in [0.15, 0.2) is 5.13 Å². The van der Waals surface area contributed by atoms with E-state index in [-0.39, 0.29) is 23.1 Å². The van der Waals surface area contributed by atoms with Gasteiger partial charge in [-0.1, -0.05) is 50.3 Å². The monoisotopic (exact) mass is 595 g/mol. The Kier molecular flexibility index (Phi) is 11.5. The number of thiazole rings is 1. The molecular formula is C31H41N5O3S2. The lowest BCUT2D eigenvalue weighted by Gasteiger charge is -2.28. The summed E-state index contributed by atoms with van der Waals surface area (Å²) >= 11 is 3.03. The number of carbonyl (C=O) groups is 3. The van der Waals surface area contributed by atoms with Gasteiger partial charge in [-0.25, -0.2) is 4.98 Å². The molecule has 220 valence electrons. The molecule has 0 fully saturated rings. The van der Waals surface area contributed by atoms with Crippen molar-refractivity contribution in [3.05, 3.63) is 76.0 Å². The lowest BCUT2D eigenvalue weighted by atomic mass is 9.88. The summed E-state index contributed by atoms with van der Waals surface area (Å²) in [6, 6.07) is 12.0. The Morgan fingerprint density at radius 3 is 2.32 bits per heavy atom. The van der Waals surface area contributed by atoms with Crippen molar-refractivity contribution < 1.29 is 14.4 Å². The number of anilines is 1. The second-order valence-corrected chi connectivity index (χ2v) is 13.5. The van der Waals surface area contributed by atoms with E-state index < -0.39 is 0 Å². The molecule has 1 atom stereocenters. The van der Waals surface area contributed by atoms with E-state index in [9.17, 15) is 14.4 Å². The lowest BCUT2D eigenvalue weighted by molar-refractivity contribution is -0.118. The highest BCUT2D eigenvalue weighted by molar-refractivity contribution is 8.00. The molecule has 2 aromatic carbocycles. The van der Waals surface area contributed by atoms with E-state index in [2.05, 4.69) is 60.0 Å². The van der Waals surface area contributed by atoms with Crippen LogP contribution in [0.5, 0.6) is 0 Å². The fourth-order valence-electron chi connectivity index (χ4n) is 3.82. The third-order valence-electron chi connectivity index (χ3n) is 6.97. The second kappa shape index (κ2) is 14.6. The molecule has 0 aliphatic carbocycles. The number of hydrogen-bond donors (Lipinski definition) is 4. The molecule has 41 heavy (non-hydrogen) atoms. The van der Waals surface area contributed by atoms with Gasteiger partial charge >= 0.3 is 0 Å². The van der Waals surface area contributed by atoms with Gasteiger partial charge in [0.25, 0.3) is 11.8 Å². The fraction of sp³-hybridized carbons (Fsp3) is 0.419. The standard InChI is InChI=1S/C31H41N5O3S2/c1-19-14-24(15-26(20(19)2)29(39)33-13-12-32-22(4)37)18-40-27-17-35-30(41-27)36-28(38)25-10-8-23(9-11-25)16-34-21(3)31(5,6)7/h8-11,14-15,17,21,34H,12-13,16,18H2,1-7H3,(H,32,37)(H,33,39)(H,35,36,38). The summed E-state index contributed by atoms with van der Waals surface area (Å²) in [6.07, 6.45) is 1.76. The van der Waals surface area contributed by atoms with E-state index in [4.69, 9.17) is 0 Å². The van der Waals surface area contributed by atoms with Gasteiger partial charge in [0, 0.05) is 49.5 Å². The van der Waals surface area contributed by atoms with Crippen LogP contribution in [0.15, 0.2) is 46.8 Å². The molecule has 3 rings (SSSR count). The van der Waals surface area contributed by atoms with Gasteiger partial charge in [-0.3, -0.25) is 19.7 Å². The van der Waals surface area contributed by atoms with Gasteiger partial charge in [0.2, 0.25) is 5.91 Å². The molecule has 10 heteroatoms. The van der Waals surface area contributed by atoms with Crippen molar-refractivity contribution in [2.45, 2.75) is 71.0 Å². The third-order valence-corrected chi connectivity index (χ3v) is 9.15. The first kappa shape index (κ1) is 32.3. The quantitative estimate of drug-likeness (QED) is 0.158. The molecule has 4 N–H and O–H groups in total. The SMILES string of the molecule is CC(=O)NCCNC(=O)c1cc(CSc2cnc(NC(=O)c3ccc(CNC(C)C(C)(C)C)cc3)s2)cc(C)c1C. The van der Waals surface area contributed by atoms with Gasteiger partial charge in [0.05, 0.1) is 10.4 Å². The van der Waals surface area contributed by atoms with Crippen LogP contribution >= 0.6 is 23.1 Å². The van der Waals surface area contributed by atoms with E-state index >= 15 is 0 Å². The smallest absolute Gasteiger partial charge is 0.257 e. The Labute approximate surface area is 251 Å². The van der Waals surface area contributed by atoms with E-state index in [1.54, 1.807) is 18.0 Å². The molecule has 3 aromatic rings. The van der Waals surface area contributed by atoms with Crippen molar-refractivity contribution in [1.29, 1.82) is 0 Å². The number of hydrogen-bond acceptors (Lipinski definition) is 7. The number of nitrogens with one attached hydrogen (secondary N) is 4. The normalized spacial score (nSPS) is 12.1. The van der Waals surface area contributed by atoms with E-state index in [0.29, 0.717) is 41.1 Å². The lowest BCUT2D eigenvalue weighted by Crippen LogP contribution is -2.37. The van der Waals surface area contributed by atoms with Gasteiger partial charge in [0.1, 0.15) is 0 Å². The summed E-state index contributed by atoms with van der Waals surface area (Å²) in [5.41, 5.74) is 5.52. The number of rotatable bonds is 12. The molecule has 0 radical (unpaired) electrons. The van der Waals surface area contributed by atoms with Gasteiger partial charge in [-0.2, -0.15) is 0 Å². The zero-order valence-corrected chi connectivity index (χ0v) is 26.6. The van der Waals surface area contributed by atoms with Crippen molar-refractivity contribution in [1.82, 2.24) is 20.9 Å². The first-order valence-electron chi connectivity index (χ1n) is 13.7. The molecule has 0 aliphatic heterocycles. The van der Waals surface area contributed by atoms with Crippen LogP contribution in [0.2, 0.25) is 0 Å². The molecule has 0 saturated carbocycles. The topological polar surface area (TPSA) is 112 Å². The van der Waals surface area contributed by atoms with Crippen LogP contribution < -0.4 is 21.3 Å². The summed E-state index contributed by atoms with van der Waals surface area (Å²) in [7, 11) is 0. The summed E-state index contributed by atoms with van der Waals surface area (Å²) in [4.78, 5) is 40.9. The number of thioether (sulfide) groups is 1. The Morgan fingerprint density at radius 1 is 0.976 bits per heavy atom. The predicted octanol–water partition coefficient (Wildman–Crippen LogP) is 5.69. The van der Waals surface area contributed by atoms with E-state index in [1.807, 2.05) is 44.2 Å². The number of nitrogens with zero attached hydrogens (tertiary/aromatic N) is 1. The first-order chi connectivity index (χ1) is 19.3. The highest BCUT2D eigenvalue weighted by atomic mass is 32.2. The number of aromatic nitrogens is 1. The van der Waals surface area contributed by atoms with Gasteiger partial charge in [-0.15, -0.1) is 11.8 Å². The summed E-state index contributed by atoms with van der Waals surface area (Å²) < 4.78 is 0.967. The summed E-state index contributed by atoms with van der Waals surface area (Å²) in [5, 5.41) is 12.5. The molecule has 3 amide bonds. The number of amides is 3. The van der Waals surface area contributed by atoms with Crippen LogP contribution in [0.4, 0.5) is 5.13 Å². The fourth-order valence-corrected chi connectivity index (χ4v) is 5.62. The van der Waals surface area contributed by atoms with Crippen LogP contribution in [0.25, 0.3) is 0 Å². The maximum atomic E-state index is 12.8. The van der Waals surface area contributed by atoms with E-state index in [0.717, 1.165) is 33.0 Å². The Bertz CT molecular complexity index is 1360. The minimum absolute atomic E-state index is 0.125. The molecule has 0 spiro atoms. The van der Waals surface area contributed by atoms with Crippen LogP contribution in [-0.2, 0) is 17.1 Å². The summed E-state index contributed by atoms with van der Waals surface area (Å²) in [5.74, 6) is 0.183. The van der Waals surface area contributed by atoms with Crippen LogP contribution in [0, 0.1) is 19.3 Å². The molecule has 1 unspecified atom stereocenters. The molecule has 0 saturated heterocycles. The predicted molar refractivity (Wildman–Crippen MR) is 169 cm³/mol. The maximum Gasteiger partial charge on any atom is 0.257 e. The minimum atomic E-state index is -0.193. The Balaban J connectivity index is 1.54. The molecule has 0 bridgehead atoms. The van der Waals surface area contributed by atoms with Crippen LogP contribution in [0.1, 0.15) is 77.6 Å². The molecule has 1 heterocycles. The average Bonchev–Trinajstić information content (AvgIpc) is 3.36. The second-order valence-electron chi connectivity index (χ2n) is 11.2. The molecule has 1 aromatic heterocycles. The average molecular weight is 596 g/mol. The van der Waals surface area contributed by atoms with E-state index in [1.165, 1.54) is 18.3 Å².